The van der Waals surface area contributed by atoms with Gasteiger partial charge < -0.3 is 19.5 Å². The Balaban J connectivity index is 1.76. The Bertz CT molecular complexity index is 1030. The zero-order valence-corrected chi connectivity index (χ0v) is 19.0. The van der Waals surface area contributed by atoms with Crippen LogP contribution in [0.5, 0.6) is 17.2 Å². The normalized spacial score (nSPS) is 14.5. The molecule has 1 N–H and O–H groups in total. The number of halogens is 3. The molecule has 9 heteroatoms. The molecule has 0 aromatic heterocycles. The molecule has 0 bridgehead atoms. The number of hydrogen-bond acceptors (Lipinski definition) is 5. The molecular formula is C22H22Cl2FNO5. The Morgan fingerprint density at radius 3 is 2.26 bits per heavy atom. The molecule has 1 aliphatic rings. The lowest BCUT2D eigenvalue weighted by Gasteiger charge is -2.24. The number of nitrogens with one attached hydrogen (secondary N) is 1. The summed E-state index contributed by atoms with van der Waals surface area (Å²) in [7, 11) is 1.48. The van der Waals surface area contributed by atoms with Crippen LogP contribution >= 0.6 is 23.2 Å². The summed E-state index contributed by atoms with van der Waals surface area (Å²) in [6, 6.07) is 6.82. The molecule has 0 atom stereocenters. The first-order valence-electron chi connectivity index (χ1n) is 9.50. The lowest BCUT2D eigenvalue weighted by atomic mass is 10.1. The molecule has 166 valence electrons. The van der Waals surface area contributed by atoms with Crippen molar-refractivity contribution in [3.63, 3.8) is 0 Å². The second-order valence-electron chi connectivity index (χ2n) is 8.20. The first-order chi connectivity index (χ1) is 14.4. The second-order valence-corrected chi connectivity index (χ2v) is 9.01. The highest BCUT2D eigenvalue weighted by atomic mass is 35.5. The highest BCUT2D eigenvalue weighted by Crippen LogP contribution is 2.39. The lowest BCUT2D eigenvalue weighted by molar-refractivity contribution is -0.158. The largest absolute Gasteiger partial charge is 0.495 e. The minimum Gasteiger partial charge on any atom is -0.495 e. The minimum absolute atomic E-state index is 0.00484. The van der Waals surface area contributed by atoms with Crippen LogP contribution in [-0.4, -0.2) is 30.1 Å². The van der Waals surface area contributed by atoms with Gasteiger partial charge in [-0.3, -0.25) is 4.79 Å². The smallest absolute Gasteiger partial charge is 0.332 e. The van der Waals surface area contributed by atoms with Crippen molar-refractivity contribution in [1.82, 2.24) is 5.32 Å². The molecule has 0 unspecified atom stereocenters. The van der Waals surface area contributed by atoms with Crippen LogP contribution in [0.1, 0.15) is 44.0 Å². The highest BCUT2D eigenvalue weighted by molar-refractivity contribution is 6.32. The summed E-state index contributed by atoms with van der Waals surface area (Å²) in [4.78, 5) is 25.0. The van der Waals surface area contributed by atoms with Crippen LogP contribution in [0.15, 0.2) is 30.3 Å². The van der Waals surface area contributed by atoms with Gasteiger partial charge in [0.2, 0.25) is 0 Å². The monoisotopic (exact) mass is 469 g/mol. The first-order valence-corrected chi connectivity index (χ1v) is 10.3. The van der Waals surface area contributed by atoms with Crippen molar-refractivity contribution in [3.05, 3.63) is 51.8 Å². The van der Waals surface area contributed by atoms with Gasteiger partial charge in [0, 0.05) is 12.1 Å². The van der Waals surface area contributed by atoms with Crippen molar-refractivity contribution < 1.29 is 28.2 Å². The van der Waals surface area contributed by atoms with Crippen LogP contribution in [0.4, 0.5) is 4.39 Å². The zero-order chi connectivity index (χ0) is 23.0. The molecule has 1 saturated carbocycles. The number of esters is 1. The lowest BCUT2D eigenvalue weighted by Crippen LogP contribution is -2.46. The van der Waals surface area contributed by atoms with Crippen LogP contribution in [0.25, 0.3) is 0 Å². The van der Waals surface area contributed by atoms with E-state index >= 15 is 0 Å². The standard InChI is InChI=1S/C22H22Cl2FNO5/c1-21(2,3)31-20(28)22(7-8-22)26-19(27)13-10-15(24)18(11-16(13)25)30-12-5-6-17(29-4)14(23)9-12/h5-6,9-11H,7-8H2,1-4H3,(H,26,27). The molecule has 31 heavy (non-hydrogen) atoms. The summed E-state index contributed by atoms with van der Waals surface area (Å²) in [6.07, 6.45) is 0.838. The fraction of sp³-hybridized carbons (Fsp3) is 0.364. The topological polar surface area (TPSA) is 73.9 Å². The molecule has 1 amide bonds. The van der Waals surface area contributed by atoms with E-state index in [9.17, 15) is 14.0 Å². The molecule has 0 spiro atoms. The molecule has 1 aliphatic carbocycles. The Hall–Kier alpha value is -2.51. The number of amides is 1. The average Bonchev–Trinajstić information content (AvgIpc) is 3.44. The van der Waals surface area contributed by atoms with Crippen LogP contribution < -0.4 is 14.8 Å². The van der Waals surface area contributed by atoms with E-state index in [4.69, 9.17) is 37.4 Å². The van der Waals surface area contributed by atoms with Gasteiger partial charge in [0.25, 0.3) is 5.91 Å². The van der Waals surface area contributed by atoms with Crippen molar-refractivity contribution in [3.8, 4) is 17.2 Å². The maximum atomic E-state index is 14.7. The van der Waals surface area contributed by atoms with Gasteiger partial charge in [-0.05, 0) is 51.8 Å². The molecule has 3 rings (SSSR count). The predicted molar refractivity (Wildman–Crippen MR) is 115 cm³/mol. The fourth-order valence-corrected chi connectivity index (χ4v) is 3.23. The van der Waals surface area contributed by atoms with Gasteiger partial charge in [-0.25, -0.2) is 9.18 Å². The number of methoxy groups -OCH3 is 1. The van der Waals surface area contributed by atoms with E-state index < -0.39 is 28.8 Å². The molecule has 1 fully saturated rings. The van der Waals surface area contributed by atoms with Crippen molar-refractivity contribution in [2.75, 3.05) is 7.11 Å². The molecule has 0 radical (unpaired) electrons. The van der Waals surface area contributed by atoms with Crippen molar-refractivity contribution in [2.45, 2.75) is 44.8 Å². The maximum absolute atomic E-state index is 14.7. The number of ether oxygens (including phenoxy) is 3. The van der Waals surface area contributed by atoms with E-state index in [-0.39, 0.29) is 16.3 Å². The molecule has 2 aromatic carbocycles. The van der Waals surface area contributed by atoms with Gasteiger partial charge in [0.05, 0.1) is 22.7 Å². The third-order valence-corrected chi connectivity index (χ3v) is 5.10. The van der Waals surface area contributed by atoms with E-state index in [1.165, 1.54) is 13.2 Å². The van der Waals surface area contributed by atoms with Crippen molar-refractivity contribution in [1.29, 1.82) is 0 Å². The molecular weight excluding hydrogens is 448 g/mol. The van der Waals surface area contributed by atoms with Gasteiger partial charge in [0.1, 0.15) is 34.2 Å². The maximum Gasteiger partial charge on any atom is 0.332 e. The van der Waals surface area contributed by atoms with E-state index in [2.05, 4.69) is 5.32 Å². The van der Waals surface area contributed by atoms with Gasteiger partial charge in [-0.15, -0.1) is 0 Å². The van der Waals surface area contributed by atoms with Crippen LogP contribution in [0.2, 0.25) is 10.0 Å². The molecule has 6 nitrogen and oxygen atoms in total. The van der Waals surface area contributed by atoms with E-state index in [0.717, 1.165) is 12.1 Å². The number of carbonyl (C=O) groups is 2. The Labute approximate surface area is 189 Å². The number of rotatable bonds is 6. The summed E-state index contributed by atoms with van der Waals surface area (Å²) < 4.78 is 30.7. The molecule has 0 saturated heterocycles. The Morgan fingerprint density at radius 1 is 1.06 bits per heavy atom. The summed E-state index contributed by atoms with van der Waals surface area (Å²) in [5.74, 6) is -1.39. The Morgan fingerprint density at radius 2 is 1.71 bits per heavy atom. The van der Waals surface area contributed by atoms with Gasteiger partial charge in [0.15, 0.2) is 0 Å². The zero-order valence-electron chi connectivity index (χ0n) is 17.5. The van der Waals surface area contributed by atoms with Gasteiger partial charge in [-0.1, -0.05) is 23.2 Å². The quantitative estimate of drug-likeness (QED) is 0.562. The Kier molecular flexibility index (Phi) is 6.39. The molecule has 0 aliphatic heterocycles. The second kappa shape index (κ2) is 8.55. The predicted octanol–water partition coefficient (Wildman–Crippen LogP) is 5.54. The van der Waals surface area contributed by atoms with Crippen LogP contribution in [0.3, 0.4) is 0 Å². The number of carbonyl (C=O) groups excluding carboxylic acids is 2. The number of benzene rings is 2. The van der Waals surface area contributed by atoms with Crippen LogP contribution in [0, 0.1) is 5.82 Å². The van der Waals surface area contributed by atoms with E-state index in [0.29, 0.717) is 29.4 Å². The summed E-state index contributed by atoms with van der Waals surface area (Å²) in [6.45, 7) is 5.20. The summed E-state index contributed by atoms with van der Waals surface area (Å²) in [5.41, 5.74) is -2.15. The van der Waals surface area contributed by atoms with E-state index in [1.807, 2.05) is 0 Å². The SMILES string of the molecule is COc1ccc(Oc2cc(F)c(C(=O)NC3(C(=O)OC(C)(C)C)CC3)cc2Cl)cc1Cl. The first kappa shape index (κ1) is 23.2. The van der Waals surface area contributed by atoms with Crippen LogP contribution in [-0.2, 0) is 9.53 Å². The van der Waals surface area contributed by atoms with Gasteiger partial charge >= 0.3 is 5.97 Å². The van der Waals surface area contributed by atoms with Gasteiger partial charge in [-0.2, -0.15) is 0 Å². The molecule has 2 aromatic rings. The third kappa shape index (κ3) is 5.40. The summed E-state index contributed by atoms with van der Waals surface area (Å²) in [5, 5.41) is 2.90. The highest BCUT2D eigenvalue weighted by Gasteiger charge is 2.54. The minimum atomic E-state index is -1.14. The molecule has 0 heterocycles. The number of hydrogen-bond donors (Lipinski definition) is 1. The van der Waals surface area contributed by atoms with Crippen molar-refractivity contribution >= 4 is 35.1 Å². The summed E-state index contributed by atoms with van der Waals surface area (Å²) >= 11 is 12.3. The fourth-order valence-electron chi connectivity index (χ4n) is 2.78. The average molecular weight is 470 g/mol. The van der Waals surface area contributed by atoms with E-state index in [1.54, 1.807) is 32.9 Å². The third-order valence-electron chi connectivity index (χ3n) is 4.51. The van der Waals surface area contributed by atoms with Crippen molar-refractivity contribution in [2.24, 2.45) is 0 Å².